The van der Waals surface area contributed by atoms with Crippen molar-refractivity contribution in [2.75, 3.05) is 44.2 Å². The minimum absolute atomic E-state index is 0.170. The van der Waals surface area contributed by atoms with E-state index in [1.807, 2.05) is 31.2 Å². The zero-order valence-corrected chi connectivity index (χ0v) is 16.7. The monoisotopic (exact) mass is 387 g/mol. The number of hydrogen-bond acceptors (Lipinski definition) is 5. The predicted molar refractivity (Wildman–Crippen MR) is 109 cm³/mol. The first-order valence-corrected chi connectivity index (χ1v) is 9.78. The lowest BCUT2D eigenvalue weighted by Gasteiger charge is -2.34. The van der Waals surface area contributed by atoms with E-state index >= 15 is 0 Å². The summed E-state index contributed by atoms with van der Waals surface area (Å²) < 4.78 is 0. The fourth-order valence-electron chi connectivity index (χ4n) is 3.18. The molecule has 0 bridgehead atoms. The third kappa shape index (κ3) is 5.40. The Morgan fingerprint density at radius 1 is 1.19 bits per heavy atom. The molecule has 7 heteroatoms. The maximum absolute atomic E-state index is 12.5. The predicted octanol–water partition coefficient (Wildman–Crippen LogP) is 2.55. The largest absolute Gasteiger partial charge is 0.350 e. The first-order chi connectivity index (χ1) is 13.0. The van der Waals surface area contributed by atoms with Gasteiger partial charge in [-0.25, -0.2) is 9.97 Å². The Morgan fingerprint density at radius 3 is 2.67 bits per heavy atom. The zero-order chi connectivity index (χ0) is 19.2. The van der Waals surface area contributed by atoms with Crippen LogP contribution in [0.1, 0.15) is 28.7 Å². The van der Waals surface area contributed by atoms with Crippen LogP contribution in [0.15, 0.2) is 30.3 Å². The van der Waals surface area contributed by atoms with E-state index < -0.39 is 0 Å². The van der Waals surface area contributed by atoms with Crippen LogP contribution in [0.25, 0.3) is 0 Å². The number of carbonyl (C=O) groups excluding carboxylic acids is 1. The number of nitrogens with zero attached hydrogens (tertiary/aromatic N) is 4. The van der Waals surface area contributed by atoms with Crippen LogP contribution >= 0.6 is 11.6 Å². The highest BCUT2D eigenvalue weighted by molar-refractivity contribution is 6.30. The standard InChI is InChI=1S/C20H26ClN5O/c1-3-25-9-11-26(12-10-25)20-23-15(2)13-18(24-20)19(27)22-8-7-16-5-4-6-17(21)14-16/h4-6,13-14H,3,7-12H2,1-2H3,(H,22,27). The van der Waals surface area contributed by atoms with E-state index in [0.29, 0.717) is 23.2 Å². The SMILES string of the molecule is CCN1CCN(c2nc(C)cc(C(=O)NCCc3cccc(Cl)c3)n2)CC1. The molecule has 0 unspecified atom stereocenters. The first kappa shape index (κ1) is 19.6. The fourth-order valence-corrected chi connectivity index (χ4v) is 3.39. The van der Waals surface area contributed by atoms with Gasteiger partial charge in [0, 0.05) is 43.4 Å². The molecule has 27 heavy (non-hydrogen) atoms. The molecule has 0 spiro atoms. The van der Waals surface area contributed by atoms with Crippen LogP contribution in [0.2, 0.25) is 5.02 Å². The lowest BCUT2D eigenvalue weighted by molar-refractivity contribution is 0.0949. The normalized spacial score (nSPS) is 15.0. The highest BCUT2D eigenvalue weighted by Gasteiger charge is 2.19. The summed E-state index contributed by atoms with van der Waals surface area (Å²) in [6.45, 7) is 9.42. The van der Waals surface area contributed by atoms with Crippen molar-refractivity contribution in [3.8, 4) is 0 Å². The molecule has 2 heterocycles. The topological polar surface area (TPSA) is 61.4 Å². The maximum Gasteiger partial charge on any atom is 0.270 e. The molecule has 6 nitrogen and oxygen atoms in total. The number of anilines is 1. The Hall–Kier alpha value is -2.18. The molecular weight excluding hydrogens is 362 g/mol. The highest BCUT2D eigenvalue weighted by Crippen LogP contribution is 2.14. The van der Waals surface area contributed by atoms with E-state index in [0.717, 1.165) is 50.4 Å². The second-order valence-electron chi connectivity index (χ2n) is 6.75. The van der Waals surface area contributed by atoms with Crippen molar-refractivity contribution >= 4 is 23.5 Å². The van der Waals surface area contributed by atoms with Crippen molar-refractivity contribution in [3.63, 3.8) is 0 Å². The number of benzene rings is 1. The Kier molecular flexibility index (Phi) is 6.63. The van der Waals surface area contributed by atoms with Gasteiger partial charge in [0.05, 0.1) is 0 Å². The lowest BCUT2D eigenvalue weighted by atomic mass is 10.1. The molecule has 3 rings (SSSR count). The van der Waals surface area contributed by atoms with E-state index in [4.69, 9.17) is 11.6 Å². The van der Waals surface area contributed by atoms with Gasteiger partial charge in [0.1, 0.15) is 5.69 Å². The molecule has 1 amide bonds. The van der Waals surface area contributed by atoms with Gasteiger partial charge in [0.25, 0.3) is 5.91 Å². The van der Waals surface area contributed by atoms with Gasteiger partial charge in [0.15, 0.2) is 0 Å². The van der Waals surface area contributed by atoms with Crippen LogP contribution in [0.4, 0.5) is 5.95 Å². The second kappa shape index (κ2) is 9.15. The quantitative estimate of drug-likeness (QED) is 0.825. The van der Waals surface area contributed by atoms with Gasteiger partial charge >= 0.3 is 0 Å². The van der Waals surface area contributed by atoms with Crippen molar-refractivity contribution in [1.29, 1.82) is 0 Å². The van der Waals surface area contributed by atoms with Gasteiger partial charge in [-0.2, -0.15) is 0 Å². The number of amides is 1. The third-order valence-electron chi connectivity index (χ3n) is 4.77. The fraction of sp³-hybridized carbons (Fsp3) is 0.450. The van der Waals surface area contributed by atoms with Crippen LogP contribution in [0, 0.1) is 6.92 Å². The van der Waals surface area contributed by atoms with Crippen molar-refractivity contribution in [1.82, 2.24) is 20.2 Å². The lowest BCUT2D eigenvalue weighted by Crippen LogP contribution is -2.47. The van der Waals surface area contributed by atoms with Crippen molar-refractivity contribution in [3.05, 3.63) is 52.3 Å². The molecule has 144 valence electrons. The molecule has 1 saturated heterocycles. The van der Waals surface area contributed by atoms with Crippen molar-refractivity contribution in [2.24, 2.45) is 0 Å². The Morgan fingerprint density at radius 2 is 1.96 bits per heavy atom. The van der Waals surface area contributed by atoms with Crippen LogP contribution < -0.4 is 10.2 Å². The van der Waals surface area contributed by atoms with Crippen LogP contribution in [0.3, 0.4) is 0 Å². The number of piperazine rings is 1. The van der Waals surface area contributed by atoms with Gasteiger partial charge in [0.2, 0.25) is 5.95 Å². The van der Waals surface area contributed by atoms with Crippen molar-refractivity contribution in [2.45, 2.75) is 20.3 Å². The summed E-state index contributed by atoms with van der Waals surface area (Å²) in [5, 5.41) is 3.65. The average molecular weight is 388 g/mol. The number of aromatic nitrogens is 2. The molecular formula is C20H26ClN5O. The van der Waals surface area contributed by atoms with Gasteiger partial charge < -0.3 is 15.1 Å². The summed E-state index contributed by atoms with van der Waals surface area (Å²) in [4.78, 5) is 26.1. The summed E-state index contributed by atoms with van der Waals surface area (Å²) >= 11 is 6.00. The number of nitrogens with one attached hydrogen (secondary N) is 1. The Balaban J connectivity index is 1.60. The van der Waals surface area contributed by atoms with Crippen LogP contribution in [0.5, 0.6) is 0 Å². The highest BCUT2D eigenvalue weighted by atomic mass is 35.5. The number of hydrogen-bond donors (Lipinski definition) is 1. The number of aryl methyl sites for hydroxylation is 1. The number of halogens is 1. The molecule has 1 aliphatic heterocycles. The summed E-state index contributed by atoms with van der Waals surface area (Å²) in [6.07, 6.45) is 0.724. The molecule has 0 saturated carbocycles. The van der Waals surface area contributed by atoms with Crippen molar-refractivity contribution < 1.29 is 4.79 Å². The molecule has 0 radical (unpaired) electrons. The van der Waals surface area contributed by atoms with Gasteiger partial charge in [-0.3, -0.25) is 4.79 Å². The van der Waals surface area contributed by atoms with E-state index in [1.165, 1.54) is 0 Å². The maximum atomic E-state index is 12.5. The molecule has 1 aromatic heterocycles. The van der Waals surface area contributed by atoms with Crippen LogP contribution in [-0.2, 0) is 6.42 Å². The minimum atomic E-state index is -0.170. The van der Waals surface area contributed by atoms with Gasteiger partial charge in [-0.1, -0.05) is 30.7 Å². The second-order valence-corrected chi connectivity index (χ2v) is 7.19. The molecule has 2 aromatic rings. The van der Waals surface area contributed by atoms with Gasteiger partial charge in [-0.05, 0) is 43.7 Å². The Labute approximate surface area is 165 Å². The van der Waals surface area contributed by atoms with E-state index in [-0.39, 0.29) is 5.91 Å². The number of likely N-dealkylation sites (N-methyl/N-ethyl adjacent to an activating group) is 1. The third-order valence-corrected chi connectivity index (χ3v) is 5.00. The summed E-state index contributed by atoms with van der Waals surface area (Å²) in [5.74, 6) is 0.474. The summed E-state index contributed by atoms with van der Waals surface area (Å²) in [7, 11) is 0. The molecule has 1 fully saturated rings. The first-order valence-electron chi connectivity index (χ1n) is 9.41. The summed E-state index contributed by atoms with van der Waals surface area (Å²) in [5.41, 5.74) is 2.32. The number of rotatable bonds is 6. The molecule has 1 N–H and O–H groups in total. The van der Waals surface area contributed by atoms with Gasteiger partial charge in [-0.15, -0.1) is 0 Å². The molecule has 1 aliphatic rings. The van der Waals surface area contributed by atoms with E-state index in [9.17, 15) is 4.79 Å². The summed E-state index contributed by atoms with van der Waals surface area (Å²) in [6, 6.07) is 9.41. The number of carbonyl (C=O) groups is 1. The van der Waals surface area contributed by atoms with E-state index in [1.54, 1.807) is 6.07 Å². The average Bonchev–Trinajstić information content (AvgIpc) is 2.67. The smallest absolute Gasteiger partial charge is 0.270 e. The zero-order valence-electron chi connectivity index (χ0n) is 15.9. The Bertz CT molecular complexity index is 790. The minimum Gasteiger partial charge on any atom is -0.350 e. The van der Waals surface area contributed by atoms with Crippen LogP contribution in [-0.4, -0.2) is 60.0 Å². The molecule has 1 aromatic carbocycles. The molecule has 0 aliphatic carbocycles. The molecule has 0 atom stereocenters. The van der Waals surface area contributed by atoms with E-state index in [2.05, 4.69) is 32.0 Å².